The number of Topliss-reactive ketones (excluding diaryl/α,β-unsaturated/α-hetero) is 1. The summed E-state index contributed by atoms with van der Waals surface area (Å²) in [4.78, 5) is 35.9. The topological polar surface area (TPSA) is 72.5 Å². The second kappa shape index (κ2) is 9.88. The number of ether oxygens (including phenoxy) is 1. The monoisotopic (exact) mass is 387 g/mol. The molecule has 1 N–H and O–H groups in total. The highest BCUT2D eigenvalue weighted by Gasteiger charge is 2.12. The molecule has 1 amide bonds. The van der Waals surface area contributed by atoms with E-state index in [1.165, 1.54) is 0 Å². The molecule has 0 aromatic heterocycles. The van der Waals surface area contributed by atoms with Gasteiger partial charge in [-0.15, -0.1) is 0 Å². The van der Waals surface area contributed by atoms with Crippen molar-refractivity contribution < 1.29 is 19.1 Å². The number of hydrogen-bond donors (Lipinski definition) is 1. The Balaban J connectivity index is 1.69. The van der Waals surface area contributed by atoms with E-state index >= 15 is 0 Å². The van der Waals surface area contributed by atoms with Crippen LogP contribution in [0.15, 0.2) is 42.5 Å². The predicted molar refractivity (Wildman–Crippen MR) is 104 cm³/mol. The van der Waals surface area contributed by atoms with Crippen LogP contribution in [0, 0.1) is 13.8 Å². The van der Waals surface area contributed by atoms with Gasteiger partial charge in [-0.05, 0) is 56.2 Å². The molecular weight excluding hydrogens is 366 g/mol. The lowest BCUT2D eigenvalue weighted by atomic mass is 10.0. The molecule has 0 saturated carbocycles. The number of halogens is 1. The molecule has 2 rings (SSSR count). The molecule has 0 atom stereocenters. The van der Waals surface area contributed by atoms with E-state index in [-0.39, 0.29) is 24.7 Å². The molecule has 0 aliphatic carbocycles. The van der Waals surface area contributed by atoms with Gasteiger partial charge in [-0.2, -0.15) is 0 Å². The van der Waals surface area contributed by atoms with E-state index in [1.807, 2.05) is 26.0 Å². The molecule has 0 saturated heterocycles. The van der Waals surface area contributed by atoms with E-state index in [2.05, 4.69) is 5.32 Å². The van der Waals surface area contributed by atoms with E-state index in [4.69, 9.17) is 16.3 Å². The molecule has 0 aliphatic rings. The largest absolute Gasteiger partial charge is 0.457 e. The van der Waals surface area contributed by atoms with Gasteiger partial charge in [-0.1, -0.05) is 29.3 Å². The summed E-state index contributed by atoms with van der Waals surface area (Å²) in [6.45, 7) is 3.81. The van der Waals surface area contributed by atoms with Crippen molar-refractivity contribution in [3.63, 3.8) is 0 Å². The lowest BCUT2D eigenvalue weighted by Crippen LogP contribution is -2.25. The van der Waals surface area contributed by atoms with Crippen molar-refractivity contribution in [1.29, 1.82) is 0 Å². The first-order chi connectivity index (χ1) is 12.9. The first kappa shape index (κ1) is 20.6. The van der Waals surface area contributed by atoms with Gasteiger partial charge in [-0.25, -0.2) is 0 Å². The summed E-state index contributed by atoms with van der Waals surface area (Å²) in [5.74, 6) is -0.917. The van der Waals surface area contributed by atoms with Gasteiger partial charge in [0.2, 0.25) is 5.78 Å². The third-order valence-electron chi connectivity index (χ3n) is 4.01. The van der Waals surface area contributed by atoms with Gasteiger partial charge in [0.25, 0.3) is 5.91 Å². The fourth-order valence-electron chi connectivity index (χ4n) is 2.47. The van der Waals surface area contributed by atoms with Gasteiger partial charge in [0.1, 0.15) is 0 Å². The molecule has 0 radical (unpaired) electrons. The minimum atomic E-state index is -0.464. The zero-order valence-corrected chi connectivity index (χ0v) is 16.1. The highest BCUT2D eigenvalue weighted by Crippen LogP contribution is 2.12. The van der Waals surface area contributed by atoms with Crippen LogP contribution in [0.3, 0.4) is 0 Å². The lowest BCUT2D eigenvalue weighted by Gasteiger charge is -2.08. The number of nitrogens with one attached hydrogen (secondary N) is 1. The molecule has 0 fully saturated rings. The second-order valence-electron chi connectivity index (χ2n) is 6.27. The Morgan fingerprint density at radius 3 is 2.44 bits per heavy atom. The normalized spacial score (nSPS) is 10.3. The Bertz CT molecular complexity index is 831. The Labute approximate surface area is 163 Å². The van der Waals surface area contributed by atoms with Crippen molar-refractivity contribution in [2.24, 2.45) is 0 Å². The molecule has 0 unspecified atom stereocenters. The third kappa shape index (κ3) is 6.53. The third-order valence-corrected chi connectivity index (χ3v) is 4.26. The van der Waals surface area contributed by atoms with Crippen molar-refractivity contribution in [2.45, 2.75) is 26.7 Å². The minimum Gasteiger partial charge on any atom is -0.457 e. The molecule has 5 nitrogen and oxygen atoms in total. The van der Waals surface area contributed by atoms with Gasteiger partial charge < -0.3 is 10.1 Å². The standard InChI is InChI=1S/C21H22ClNO4/c1-14-5-6-15(2)18(12-14)19(24)13-27-20(25)4-3-11-23-21(26)16-7-9-17(22)10-8-16/h5-10,12H,3-4,11,13H2,1-2H3,(H,23,26). The van der Waals surface area contributed by atoms with Gasteiger partial charge in [-0.3, -0.25) is 14.4 Å². The van der Waals surface area contributed by atoms with Crippen molar-refractivity contribution in [1.82, 2.24) is 5.32 Å². The van der Waals surface area contributed by atoms with Gasteiger partial charge in [0.15, 0.2) is 6.61 Å². The van der Waals surface area contributed by atoms with Crippen LogP contribution in [0.5, 0.6) is 0 Å². The summed E-state index contributed by atoms with van der Waals surface area (Å²) < 4.78 is 5.04. The van der Waals surface area contributed by atoms with Crippen LogP contribution in [0.2, 0.25) is 5.02 Å². The summed E-state index contributed by atoms with van der Waals surface area (Å²) in [5, 5.41) is 3.28. The smallest absolute Gasteiger partial charge is 0.306 e. The molecule has 0 heterocycles. The minimum absolute atomic E-state index is 0.126. The fourth-order valence-corrected chi connectivity index (χ4v) is 2.60. The number of ketones is 1. The molecule has 0 bridgehead atoms. The quantitative estimate of drug-likeness (QED) is 0.423. The zero-order valence-electron chi connectivity index (χ0n) is 15.4. The number of carbonyl (C=O) groups excluding carboxylic acids is 3. The van der Waals surface area contributed by atoms with Gasteiger partial charge in [0.05, 0.1) is 0 Å². The number of carbonyl (C=O) groups is 3. The van der Waals surface area contributed by atoms with Crippen molar-refractivity contribution in [3.8, 4) is 0 Å². The average Bonchev–Trinajstić information content (AvgIpc) is 2.65. The summed E-state index contributed by atoms with van der Waals surface area (Å²) in [7, 11) is 0. The SMILES string of the molecule is Cc1ccc(C)c(C(=O)COC(=O)CCCNC(=O)c2ccc(Cl)cc2)c1. The van der Waals surface area contributed by atoms with Crippen LogP contribution in [0.1, 0.15) is 44.7 Å². The molecule has 2 aromatic rings. The molecule has 142 valence electrons. The number of rotatable bonds is 8. The second-order valence-corrected chi connectivity index (χ2v) is 6.71. The van der Waals surface area contributed by atoms with Crippen LogP contribution in [-0.2, 0) is 9.53 Å². The lowest BCUT2D eigenvalue weighted by molar-refractivity contribution is -0.142. The Morgan fingerprint density at radius 1 is 1.04 bits per heavy atom. The molecule has 0 spiro atoms. The zero-order chi connectivity index (χ0) is 19.8. The number of aryl methyl sites for hydroxylation is 2. The molecular formula is C21H22ClNO4. The average molecular weight is 388 g/mol. The van der Waals surface area contributed by atoms with Crippen molar-refractivity contribution >= 4 is 29.3 Å². The highest BCUT2D eigenvalue weighted by atomic mass is 35.5. The van der Waals surface area contributed by atoms with E-state index in [0.717, 1.165) is 11.1 Å². The summed E-state index contributed by atoms with van der Waals surface area (Å²) in [5.41, 5.74) is 2.90. The van der Waals surface area contributed by atoms with E-state index in [9.17, 15) is 14.4 Å². The fraction of sp³-hybridized carbons (Fsp3) is 0.286. The molecule has 0 aliphatic heterocycles. The van der Waals surface area contributed by atoms with Crippen LogP contribution in [0.4, 0.5) is 0 Å². The first-order valence-corrected chi connectivity index (χ1v) is 9.04. The number of hydrogen-bond acceptors (Lipinski definition) is 4. The maximum atomic E-state index is 12.2. The van der Waals surface area contributed by atoms with Crippen molar-refractivity contribution in [2.75, 3.05) is 13.2 Å². The van der Waals surface area contributed by atoms with E-state index in [0.29, 0.717) is 29.1 Å². The maximum Gasteiger partial charge on any atom is 0.306 e. The van der Waals surface area contributed by atoms with Crippen LogP contribution in [-0.4, -0.2) is 30.8 Å². The Hall–Kier alpha value is -2.66. The number of esters is 1. The maximum absolute atomic E-state index is 12.2. The van der Waals surface area contributed by atoms with E-state index in [1.54, 1.807) is 30.3 Å². The predicted octanol–water partition coefficient (Wildman–Crippen LogP) is 3.89. The van der Waals surface area contributed by atoms with Gasteiger partial charge in [0, 0.05) is 29.1 Å². The summed E-state index contributed by atoms with van der Waals surface area (Å²) in [6.07, 6.45) is 0.552. The Kier molecular flexibility index (Phi) is 7.55. The highest BCUT2D eigenvalue weighted by molar-refractivity contribution is 6.30. The van der Waals surface area contributed by atoms with Crippen LogP contribution in [0.25, 0.3) is 0 Å². The first-order valence-electron chi connectivity index (χ1n) is 8.66. The summed E-state index contributed by atoms with van der Waals surface area (Å²) >= 11 is 5.78. The molecule has 2 aromatic carbocycles. The van der Waals surface area contributed by atoms with Crippen LogP contribution >= 0.6 is 11.6 Å². The number of amides is 1. The van der Waals surface area contributed by atoms with E-state index < -0.39 is 5.97 Å². The van der Waals surface area contributed by atoms with Crippen molar-refractivity contribution in [3.05, 3.63) is 69.7 Å². The molecule has 6 heteroatoms. The van der Waals surface area contributed by atoms with Crippen LogP contribution < -0.4 is 5.32 Å². The summed E-state index contributed by atoms with van der Waals surface area (Å²) in [6, 6.07) is 12.1. The Morgan fingerprint density at radius 2 is 1.74 bits per heavy atom. The number of benzene rings is 2. The van der Waals surface area contributed by atoms with Gasteiger partial charge >= 0.3 is 5.97 Å². The molecule has 27 heavy (non-hydrogen) atoms.